The molecule has 1 aliphatic rings. The van der Waals surface area contributed by atoms with E-state index in [-0.39, 0.29) is 5.76 Å². The standard InChI is InChI=1S/C16H19N3O3/c1-16(2,3)22-15(21)19-10-12-7-5-4-6-11(12)8-13(19)14(20)9-18-17/h4-7,9,13H,8,10H2,1-3H3/p+1/b14-9+/t13-/m0/s1. The number of aliphatic hydroxyl groups excluding tert-OH is 1. The fourth-order valence-electron chi connectivity index (χ4n) is 2.44. The number of rotatable bonds is 1. The zero-order valence-electron chi connectivity index (χ0n) is 13.0. The molecule has 1 heterocycles. The third kappa shape index (κ3) is 3.55. The number of aliphatic hydroxyl groups is 1. The van der Waals surface area contributed by atoms with Crippen LogP contribution in [0.5, 0.6) is 0 Å². The van der Waals surface area contributed by atoms with Gasteiger partial charge in [0.05, 0.1) is 6.54 Å². The third-order valence-electron chi connectivity index (χ3n) is 3.41. The van der Waals surface area contributed by atoms with Gasteiger partial charge in [0.15, 0.2) is 4.98 Å². The lowest BCUT2D eigenvalue weighted by Gasteiger charge is -2.36. The summed E-state index contributed by atoms with van der Waals surface area (Å²) in [4.78, 5) is 16.7. The summed E-state index contributed by atoms with van der Waals surface area (Å²) < 4.78 is 5.41. The highest BCUT2D eigenvalue weighted by Crippen LogP contribution is 2.28. The Morgan fingerprint density at radius 1 is 1.41 bits per heavy atom. The Morgan fingerprint density at radius 2 is 2.05 bits per heavy atom. The number of ether oxygens (including phenoxy) is 1. The zero-order chi connectivity index (χ0) is 16.3. The molecule has 0 radical (unpaired) electrons. The molecular formula is C16H20N3O3+. The SMILES string of the molecule is CC(C)(C)OC(=O)N1Cc2ccccc2C[C@H]1/C(O)=C\[N+]#N. The van der Waals surface area contributed by atoms with Gasteiger partial charge >= 0.3 is 12.3 Å². The second-order valence-electron chi connectivity index (χ2n) is 6.27. The van der Waals surface area contributed by atoms with Crippen LogP contribution in [0.4, 0.5) is 4.79 Å². The minimum atomic E-state index is -0.626. The molecule has 0 spiro atoms. The van der Waals surface area contributed by atoms with Gasteiger partial charge in [-0.15, -0.1) is 0 Å². The summed E-state index contributed by atoms with van der Waals surface area (Å²) in [6.45, 7) is 5.70. The van der Waals surface area contributed by atoms with Gasteiger partial charge in [-0.25, -0.2) is 4.79 Å². The van der Waals surface area contributed by atoms with Gasteiger partial charge in [-0.05, 0) is 31.9 Å². The molecule has 1 aromatic rings. The van der Waals surface area contributed by atoms with Crippen molar-refractivity contribution in [3.63, 3.8) is 0 Å². The number of carbonyl (C=O) groups is 1. The number of hydrogen-bond donors (Lipinski definition) is 1. The van der Waals surface area contributed by atoms with Crippen molar-refractivity contribution < 1.29 is 14.6 Å². The number of amides is 1. The van der Waals surface area contributed by atoms with Crippen molar-refractivity contribution in [3.05, 3.63) is 52.3 Å². The smallest absolute Gasteiger partial charge is 0.411 e. The van der Waals surface area contributed by atoms with Crippen LogP contribution in [0.2, 0.25) is 0 Å². The maximum atomic E-state index is 12.4. The minimum Gasteiger partial charge on any atom is -0.504 e. The van der Waals surface area contributed by atoms with Crippen LogP contribution in [-0.4, -0.2) is 27.7 Å². The van der Waals surface area contributed by atoms with Gasteiger partial charge in [0.2, 0.25) is 11.2 Å². The fourth-order valence-corrected chi connectivity index (χ4v) is 2.44. The topological polar surface area (TPSA) is 77.9 Å². The highest BCUT2D eigenvalue weighted by molar-refractivity contribution is 5.69. The second kappa shape index (κ2) is 6.06. The van der Waals surface area contributed by atoms with Crippen molar-refractivity contribution in [1.82, 2.24) is 4.90 Å². The van der Waals surface area contributed by atoms with E-state index < -0.39 is 17.7 Å². The highest BCUT2D eigenvalue weighted by atomic mass is 16.6. The van der Waals surface area contributed by atoms with Crippen molar-refractivity contribution in [1.29, 1.82) is 5.39 Å². The number of diazo groups is 1. The lowest BCUT2D eigenvalue weighted by Crippen LogP contribution is -2.47. The molecule has 0 aliphatic carbocycles. The van der Waals surface area contributed by atoms with Gasteiger partial charge in [0.25, 0.3) is 0 Å². The Hall–Kier alpha value is -2.55. The average Bonchev–Trinajstić information content (AvgIpc) is 2.44. The Bertz CT molecular complexity index is 641. The lowest BCUT2D eigenvalue weighted by atomic mass is 9.93. The number of nitrogens with zero attached hydrogens (tertiary/aromatic N) is 3. The normalized spacial score (nSPS) is 18.4. The van der Waals surface area contributed by atoms with Crippen LogP contribution in [-0.2, 0) is 17.7 Å². The minimum absolute atomic E-state index is 0.178. The number of hydrogen-bond acceptors (Lipinski definition) is 4. The first kappa shape index (κ1) is 15.8. The first-order valence-corrected chi connectivity index (χ1v) is 7.11. The lowest BCUT2D eigenvalue weighted by molar-refractivity contribution is 0.0115. The van der Waals surface area contributed by atoms with Crippen molar-refractivity contribution >= 4 is 6.09 Å². The van der Waals surface area contributed by atoms with Gasteiger partial charge in [-0.2, -0.15) is 0 Å². The van der Waals surface area contributed by atoms with Crippen LogP contribution in [0.3, 0.4) is 0 Å². The van der Waals surface area contributed by atoms with Crippen molar-refractivity contribution in [3.8, 4) is 0 Å². The molecule has 1 atom stereocenters. The summed E-state index contributed by atoms with van der Waals surface area (Å²) in [5.74, 6) is -0.178. The van der Waals surface area contributed by atoms with Crippen molar-refractivity contribution in [2.45, 2.75) is 45.4 Å². The molecule has 1 amide bonds. The molecule has 2 rings (SSSR count). The summed E-state index contributed by atoms with van der Waals surface area (Å²) in [6, 6.07) is 7.11. The molecule has 22 heavy (non-hydrogen) atoms. The Morgan fingerprint density at radius 3 is 2.64 bits per heavy atom. The molecule has 0 saturated heterocycles. The summed E-state index contributed by atoms with van der Waals surface area (Å²) in [5, 5.41) is 18.7. The van der Waals surface area contributed by atoms with Crippen molar-refractivity contribution in [2.75, 3.05) is 0 Å². The van der Waals surface area contributed by atoms with Gasteiger partial charge in [-0.1, -0.05) is 24.3 Å². The molecule has 6 heteroatoms. The van der Waals surface area contributed by atoms with Crippen LogP contribution in [0.15, 0.2) is 36.2 Å². The van der Waals surface area contributed by atoms with Crippen LogP contribution in [0.25, 0.3) is 4.98 Å². The maximum Gasteiger partial charge on any atom is 0.411 e. The predicted octanol–water partition coefficient (Wildman–Crippen LogP) is 3.60. The van der Waals surface area contributed by atoms with Crippen molar-refractivity contribution in [2.24, 2.45) is 0 Å². The van der Waals surface area contributed by atoms with E-state index in [9.17, 15) is 9.90 Å². The van der Waals surface area contributed by atoms with Crippen LogP contribution in [0, 0.1) is 5.39 Å². The molecule has 6 nitrogen and oxygen atoms in total. The van der Waals surface area contributed by atoms with Gasteiger partial charge in [0, 0.05) is 6.42 Å². The third-order valence-corrected chi connectivity index (χ3v) is 3.41. The van der Waals surface area contributed by atoms with Gasteiger partial charge in [-0.3, -0.25) is 4.90 Å². The Labute approximate surface area is 129 Å². The maximum absolute atomic E-state index is 12.4. The summed E-state index contributed by atoms with van der Waals surface area (Å²) in [7, 11) is 0. The molecule has 116 valence electrons. The molecule has 0 bridgehead atoms. The molecule has 0 saturated carbocycles. The molecule has 1 aromatic carbocycles. The number of carbonyl (C=O) groups excluding carboxylic acids is 1. The first-order chi connectivity index (χ1) is 10.3. The molecule has 1 N–H and O–H groups in total. The fraction of sp³-hybridized carbons (Fsp3) is 0.438. The first-order valence-electron chi connectivity index (χ1n) is 7.11. The number of fused-ring (bicyclic) bond motifs is 1. The average molecular weight is 302 g/mol. The molecular weight excluding hydrogens is 282 g/mol. The molecule has 1 aliphatic heterocycles. The van der Waals surface area contributed by atoms with Crippen LogP contribution >= 0.6 is 0 Å². The Kier molecular flexibility index (Phi) is 4.36. The summed E-state index contributed by atoms with van der Waals surface area (Å²) >= 11 is 0. The van der Waals surface area contributed by atoms with E-state index in [1.807, 2.05) is 24.3 Å². The van der Waals surface area contributed by atoms with E-state index in [2.05, 4.69) is 4.98 Å². The largest absolute Gasteiger partial charge is 0.504 e. The molecule has 0 unspecified atom stereocenters. The molecule has 0 fully saturated rings. The van der Waals surface area contributed by atoms with E-state index in [1.54, 1.807) is 20.8 Å². The van der Waals surface area contributed by atoms with E-state index in [1.165, 1.54) is 4.90 Å². The summed E-state index contributed by atoms with van der Waals surface area (Å²) in [5.41, 5.74) is 1.43. The van der Waals surface area contributed by atoms with E-state index >= 15 is 0 Å². The van der Waals surface area contributed by atoms with E-state index in [4.69, 9.17) is 10.1 Å². The number of benzene rings is 1. The van der Waals surface area contributed by atoms with Crippen LogP contribution in [0.1, 0.15) is 31.9 Å². The molecule has 0 aromatic heterocycles. The van der Waals surface area contributed by atoms with Gasteiger partial charge in [0.1, 0.15) is 11.6 Å². The highest BCUT2D eigenvalue weighted by Gasteiger charge is 2.36. The van der Waals surface area contributed by atoms with Crippen LogP contribution < -0.4 is 0 Å². The second-order valence-corrected chi connectivity index (χ2v) is 6.27. The summed E-state index contributed by atoms with van der Waals surface area (Å²) in [6.07, 6.45) is 0.869. The van der Waals surface area contributed by atoms with E-state index in [0.29, 0.717) is 13.0 Å². The predicted molar refractivity (Wildman–Crippen MR) is 81.5 cm³/mol. The quantitative estimate of drug-likeness (QED) is 0.635. The monoisotopic (exact) mass is 302 g/mol. The zero-order valence-corrected chi connectivity index (χ0v) is 13.0. The Balaban J connectivity index is 2.34. The van der Waals surface area contributed by atoms with Gasteiger partial charge < -0.3 is 9.84 Å². The van der Waals surface area contributed by atoms with E-state index in [0.717, 1.165) is 17.3 Å².